The lowest BCUT2D eigenvalue weighted by atomic mass is 10.0. The van der Waals surface area contributed by atoms with Crippen molar-refractivity contribution >= 4 is 12.0 Å². The average molecular weight is 412 g/mol. The normalized spacial score (nSPS) is 15.1. The SMILES string of the molecule is Cc1cccc(CCNC(=O)c2cccn2C2CCN(C(=O)OC(C)(C)C)CC2)c1. The van der Waals surface area contributed by atoms with Crippen molar-refractivity contribution in [2.24, 2.45) is 0 Å². The van der Waals surface area contributed by atoms with Crippen LogP contribution >= 0.6 is 0 Å². The van der Waals surface area contributed by atoms with Crippen LogP contribution in [0.2, 0.25) is 0 Å². The number of hydrogen-bond donors (Lipinski definition) is 1. The van der Waals surface area contributed by atoms with Gasteiger partial charge in [-0.05, 0) is 64.7 Å². The molecule has 30 heavy (non-hydrogen) atoms. The lowest BCUT2D eigenvalue weighted by Crippen LogP contribution is -2.42. The summed E-state index contributed by atoms with van der Waals surface area (Å²) in [6.45, 7) is 9.57. The van der Waals surface area contributed by atoms with E-state index in [1.165, 1.54) is 11.1 Å². The number of carbonyl (C=O) groups excluding carboxylic acids is 2. The number of hydrogen-bond acceptors (Lipinski definition) is 3. The van der Waals surface area contributed by atoms with Crippen molar-refractivity contribution in [1.82, 2.24) is 14.8 Å². The molecule has 0 saturated carbocycles. The fraction of sp³-hybridized carbons (Fsp3) is 0.500. The molecule has 0 bridgehead atoms. The molecular weight excluding hydrogens is 378 g/mol. The lowest BCUT2D eigenvalue weighted by molar-refractivity contribution is 0.0187. The molecule has 6 nitrogen and oxygen atoms in total. The maximum atomic E-state index is 12.7. The minimum absolute atomic E-state index is 0.0535. The van der Waals surface area contributed by atoms with E-state index in [0.29, 0.717) is 25.3 Å². The van der Waals surface area contributed by atoms with Crippen LogP contribution < -0.4 is 5.32 Å². The molecule has 0 atom stereocenters. The Morgan fingerprint density at radius 1 is 1.13 bits per heavy atom. The molecule has 2 aromatic rings. The number of nitrogens with one attached hydrogen (secondary N) is 1. The van der Waals surface area contributed by atoms with Crippen LogP contribution in [0.4, 0.5) is 4.79 Å². The van der Waals surface area contributed by atoms with Gasteiger partial charge in [-0.1, -0.05) is 29.8 Å². The molecule has 3 rings (SSSR count). The molecule has 1 N–H and O–H groups in total. The van der Waals surface area contributed by atoms with Crippen molar-refractivity contribution in [2.45, 2.75) is 58.6 Å². The first-order chi connectivity index (χ1) is 14.2. The quantitative estimate of drug-likeness (QED) is 0.796. The molecule has 1 aromatic heterocycles. The molecule has 1 aliphatic rings. The van der Waals surface area contributed by atoms with Crippen LogP contribution in [-0.4, -0.2) is 46.7 Å². The fourth-order valence-electron chi connectivity index (χ4n) is 3.84. The van der Waals surface area contributed by atoms with Gasteiger partial charge in [0.1, 0.15) is 11.3 Å². The number of amides is 2. The number of carbonyl (C=O) groups is 2. The van der Waals surface area contributed by atoms with Crippen LogP contribution in [-0.2, 0) is 11.2 Å². The molecule has 2 amide bonds. The van der Waals surface area contributed by atoms with Gasteiger partial charge in [0.15, 0.2) is 0 Å². The molecule has 0 unspecified atom stereocenters. The number of likely N-dealkylation sites (tertiary alicyclic amines) is 1. The van der Waals surface area contributed by atoms with Gasteiger partial charge in [0.25, 0.3) is 5.91 Å². The molecule has 1 aliphatic heterocycles. The van der Waals surface area contributed by atoms with Crippen molar-refractivity contribution in [3.05, 3.63) is 59.4 Å². The van der Waals surface area contributed by atoms with Crippen LogP contribution in [0.25, 0.3) is 0 Å². The molecule has 162 valence electrons. The Labute approximate surface area is 179 Å². The molecule has 0 radical (unpaired) electrons. The number of benzene rings is 1. The number of piperidine rings is 1. The number of aromatic nitrogens is 1. The van der Waals surface area contributed by atoms with Crippen LogP contribution in [0.15, 0.2) is 42.6 Å². The minimum atomic E-state index is -0.488. The number of aryl methyl sites for hydroxylation is 1. The van der Waals surface area contributed by atoms with Gasteiger partial charge in [-0.2, -0.15) is 0 Å². The predicted octanol–water partition coefficient (Wildman–Crippen LogP) is 4.34. The smallest absolute Gasteiger partial charge is 0.410 e. The highest BCUT2D eigenvalue weighted by Crippen LogP contribution is 2.25. The predicted molar refractivity (Wildman–Crippen MR) is 118 cm³/mol. The van der Waals surface area contributed by atoms with Gasteiger partial charge in [0.05, 0.1) is 0 Å². The second kappa shape index (κ2) is 9.37. The third-order valence-electron chi connectivity index (χ3n) is 5.30. The number of rotatable bonds is 5. The van der Waals surface area contributed by atoms with Gasteiger partial charge >= 0.3 is 6.09 Å². The zero-order valence-corrected chi connectivity index (χ0v) is 18.5. The highest BCUT2D eigenvalue weighted by molar-refractivity contribution is 5.92. The highest BCUT2D eigenvalue weighted by Gasteiger charge is 2.28. The van der Waals surface area contributed by atoms with E-state index >= 15 is 0 Å². The van der Waals surface area contributed by atoms with Crippen molar-refractivity contribution in [2.75, 3.05) is 19.6 Å². The van der Waals surface area contributed by atoms with Crippen LogP contribution in [0, 0.1) is 6.92 Å². The zero-order chi connectivity index (χ0) is 21.7. The van der Waals surface area contributed by atoms with Crippen molar-refractivity contribution in [3.8, 4) is 0 Å². The first-order valence-corrected chi connectivity index (χ1v) is 10.7. The molecule has 6 heteroatoms. The number of ether oxygens (including phenoxy) is 1. The van der Waals surface area contributed by atoms with Gasteiger partial charge in [0, 0.05) is 31.9 Å². The number of nitrogens with zero attached hydrogens (tertiary/aromatic N) is 2. The Balaban J connectivity index is 1.52. The first-order valence-electron chi connectivity index (χ1n) is 10.7. The first kappa shape index (κ1) is 21.9. The molecular formula is C24H33N3O3. The molecule has 0 spiro atoms. The topological polar surface area (TPSA) is 63.6 Å². The van der Waals surface area contributed by atoms with Crippen LogP contribution in [0.5, 0.6) is 0 Å². The zero-order valence-electron chi connectivity index (χ0n) is 18.5. The summed E-state index contributed by atoms with van der Waals surface area (Å²) in [6.07, 6.45) is 4.11. The second-order valence-electron chi connectivity index (χ2n) is 8.99. The summed E-state index contributed by atoms with van der Waals surface area (Å²) in [5.41, 5.74) is 2.64. The Morgan fingerprint density at radius 2 is 1.87 bits per heavy atom. The summed E-state index contributed by atoms with van der Waals surface area (Å²) in [4.78, 5) is 26.8. The third-order valence-corrected chi connectivity index (χ3v) is 5.30. The maximum Gasteiger partial charge on any atom is 0.410 e. The Kier molecular flexibility index (Phi) is 6.85. The Morgan fingerprint density at radius 3 is 2.53 bits per heavy atom. The Hall–Kier alpha value is -2.76. The van der Waals surface area contributed by atoms with E-state index in [1.54, 1.807) is 4.90 Å². The second-order valence-corrected chi connectivity index (χ2v) is 8.99. The average Bonchev–Trinajstić information content (AvgIpc) is 3.17. The maximum absolute atomic E-state index is 12.7. The van der Waals surface area contributed by atoms with Crippen molar-refractivity contribution < 1.29 is 14.3 Å². The summed E-state index contributed by atoms with van der Waals surface area (Å²) in [7, 11) is 0. The van der Waals surface area contributed by atoms with Gasteiger partial charge in [0.2, 0.25) is 0 Å². The van der Waals surface area contributed by atoms with E-state index in [4.69, 9.17) is 4.74 Å². The van der Waals surface area contributed by atoms with Gasteiger partial charge in [-0.25, -0.2) is 4.79 Å². The van der Waals surface area contributed by atoms with Crippen LogP contribution in [0.3, 0.4) is 0 Å². The summed E-state index contributed by atoms with van der Waals surface area (Å²) in [5.74, 6) is -0.0535. The van der Waals surface area contributed by atoms with E-state index in [2.05, 4.69) is 35.0 Å². The van der Waals surface area contributed by atoms with Gasteiger partial charge < -0.3 is 19.5 Å². The van der Waals surface area contributed by atoms with Gasteiger partial charge in [-0.3, -0.25) is 4.79 Å². The summed E-state index contributed by atoms with van der Waals surface area (Å²) < 4.78 is 7.52. The monoisotopic (exact) mass is 411 g/mol. The van der Waals surface area contributed by atoms with Crippen molar-refractivity contribution in [3.63, 3.8) is 0 Å². The summed E-state index contributed by atoms with van der Waals surface area (Å²) in [5, 5.41) is 3.04. The van der Waals surface area contributed by atoms with E-state index in [1.807, 2.05) is 45.2 Å². The lowest BCUT2D eigenvalue weighted by Gasteiger charge is -2.34. The molecule has 0 aliphatic carbocycles. The third kappa shape index (κ3) is 5.88. The molecule has 1 fully saturated rings. The highest BCUT2D eigenvalue weighted by atomic mass is 16.6. The minimum Gasteiger partial charge on any atom is -0.444 e. The van der Waals surface area contributed by atoms with E-state index < -0.39 is 5.60 Å². The van der Waals surface area contributed by atoms with Crippen LogP contribution in [0.1, 0.15) is 61.3 Å². The van der Waals surface area contributed by atoms with E-state index in [0.717, 1.165) is 19.3 Å². The summed E-state index contributed by atoms with van der Waals surface area (Å²) in [6, 6.07) is 12.3. The van der Waals surface area contributed by atoms with Crippen molar-refractivity contribution in [1.29, 1.82) is 0 Å². The largest absolute Gasteiger partial charge is 0.444 e. The molecule has 1 saturated heterocycles. The van der Waals surface area contributed by atoms with E-state index in [-0.39, 0.29) is 18.0 Å². The fourth-order valence-corrected chi connectivity index (χ4v) is 3.84. The summed E-state index contributed by atoms with van der Waals surface area (Å²) >= 11 is 0. The standard InChI is InChI=1S/C24H33N3O3/c1-18-7-5-8-19(17-18)10-13-25-22(28)21-9-6-14-27(21)20-11-15-26(16-12-20)23(29)30-24(2,3)4/h5-9,14,17,20H,10-13,15-16H2,1-4H3,(H,25,28). The Bertz CT molecular complexity index is 874. The molecule has 1 aromatic carbocycles. The van der Waals surface area contributed by atoms with Gasteiger partial charge in [-0.15, -0.1) is 0 Å². The van der Waals surface area contributed by atoms with E-state index in [9.17, 15) is 9.59 Å². The molecule has 2 heterocycles.